The summed E-state index contributed by atoms with van der Waals surface area (Å²) in [7, 11) is 2.02. The van der Waals surface area contributed by atoms with Gasteiger partial charge in [-0.3, -0.25) is 19.1 Å². The summed E-state index contributed by atoms with van der Waals surface area (Å²) in [4.78, 5) is 41.3. The maximum Gasteiger partial charge on any atom is 0.303 e. The molecule has 1 aromatic carbocycles. The average Bonchev–Trinajstić information content (AvgIpc) is 3.38. The number of carbonyl (C=O) groups is 2. The normalized spacial score (nSPS) is 17.2. The van der Waals surface area contributed by atoms with Crippen LogP contribution in [0, 0.1) is 5.82 Å². The van der Waals surface area contributed by atoms with Crippen LogP contribution >= 0.6 is 0 Å². The molecule has 2 aliphatic rings. The largest absolute Gasteiger partial charge is 0.487 e. The van der Waals surface area contributed by atoms with E-state index in [0.717, 1.165) is 25.9 Å². The molecule has 0 saturated carbocycles. The highest BCUT2D eigenvalue weighted by Gasteiger charge is 2.31. The molecule has 4 heterocycles. The number of hydrogen-bond donors (Lipinski definition) is 2. The molecule has 40 heavy (non-hydrogen) atoms. The fraction of sp³-hybridized carbons (Fsp3) is 0.519. The maximum absolute atomic E-state index is 15.5. The third kappa shape index (κ3) is 5.64. The smallest absolute Gasteiger partial charge is 0.303 e. The molecule has 1 fully saturated rings. The van der Waals surface area contributed by atoms with Crippen LogP contribution < -0.4 is 20.4 Å². The van der Waals surface area contributed by atoms with E-state index in [1.807, 2.05) is 23.4 Å². The van der Waals surface area contributed by atoms with E-state index in [0.29, 0.717) is 48.7 Å². The first-order chi connectivity index (χ1) is 19.2. The minimum Gasteiger partial charge on any atom is -0.487 e. The molecule has 1 amide bonds. The van der Waals surface area contributed by atoms with Gasteiger partial charge in [0, 0.05) is 45.3 Å². The molecule has 2 N–H and O–H groups in total. The summed E-state index contributed by atoms with van der Waals surface area (Å²) in [5.41, 5.74) is 0.749. The molecule has 3 aromatic rings. The van der Waals surface area contributed by atoms with E-state index in [2.05, 4.69) is 20.5 Å². The third-order valence-corrected chi connectivity index (χ3v) is 7.50. The summed E-state index contributed by atoms with van der Waals surface area (Å²) >= 11 is 0. The van der Waals surface area contributed by atoms with Crippen LogP contribution in [-0.2, 0) is 17.9 Å². The van der Waals surface area contributed by atoms with Crippen LogP contribution in [0.2, 0.25) is 0 Å². The molecule has 0 radical (unpaired) electrons. The van der Waals surface area contributed by atoms with Crippen molar-refractivity contribution in [2.75, 3.05) is 44.7 Å². The zero-order valence-corrected chi connectivity index (χ0v) is 22.7. The second-order valence-corrected chi connectivity index (χ2v) is 10.5. The number of anilines is 1. The van der Waals surface area contributed by atoms with Crippen molar-refractivity contribution in [3.05, 3.63) is 45.8 Å². The average molecular weight is 556 g/mol. The van der Waals surface area contributed by atoms with Gasteiger partial charge in [-0.1, -0.05) is 11.6 Å². The fourth-order valence-electron chi connectivity index (χ4n) is 5.22. The number of carbonyl (C=O) groups excluding carboxylic acids is 1. The molecular weight excluding hydrogens is 521 g/mol. The van der Waals surface area contributed by atoms with Gasteiger partial charge in [0.05, 0.1) is 29.7 Å². The van der Waals surface area contributed by atoms with Gasteiger partial charge in [0.25, 0.3) is 5.91 Å². The Bertz CT molecular complexity index is 1480. The zero-order valence-electron chi connectivity index (χ0n) is 22.7. The van der Waals surface area contributed by atoms with Crippen LogP contribution in [0.25, 0.3) is 10.9 Å². The number of likely N-dealkylation sites (N-methyl/N-ethyl adjacent to an activating group) is 1. The standard InChI is InChI=1S/C27H34FN7O5/c1-17-16-40-26-23-19(12-21(28)24(26)33-10-8-32(2)9-11-33)25(38)20(15-35(17)23)27(39)29-13-18-14-34(31-30-18)7-5-3-4-6-22(36)37/h12,14-15,17H,3-11,13,16H2,1-2H3,(H,29,39)(H,36,37)/t17-/m0/s1. The Hall–Kier alpha value is -4.00. The van der Waals surface area contributed by atoms with E-state index in [1.165, 1.54) is 12.3 Å². The summed E-state index contributed by atoms with van der Waals surface area (Å²) in [5, 5.41) is 19.7. The number of nitrogens with one attached hydrogen (secondary N) is 1. The monoisotopic (exact) mass is 555 g/mol. The van der Waals surface area contributed by atoms with Crippen LogP contribution in [0.1, 0.15) is 54.7 Å². The van der Waals surface area contributed by atoms with Crippen LogP contribution in [0.5, 0.6) is 5.75 Å². The lowest BCUT2D eigenvalue weighted by Crippen LogP contribution is -2.45. The maximum atomic E-state index is 15.5. The molecule has 1 saturated heterocycles. The summed E-state index contributed by atoms with van der Waals surface area (Å²) in [6, 6.07) is 1.06. The van der Waals surface area contributed by atoms with Crippen molar-refractivity contribution in [1.29, 1.82) is 0 Å². The SMILES string of the molecule is C[C@H]1COc2c(N3CCN(C)CC3)c(F)cc3c(=O)c(C(=O)NCc4cn(CCCCCC(=O)O)nn4)cn1c23. The summed E-state index contributed by atoms with van der Waals surface area (Å²) < 4.78 is 25.0. The number of unbranched alkanes of at least 4 members (excludes halogenated alkanes) is 2. The number of hydrogen-bond acceptors (Lipinski definition) is 8. The molecule has 0 spiro atoms. The predicted molar refractivity (Wildman–Crippen MR) is 145 cm³/mol. The molecule has 214 valence electrons. The number of piperazine rings is 1. The van der Waals surface area contributed by atoms with Gasteiger partial charge in [0.2, 0.25) is 5.43 Å². The Morgan fingerprint density at radius 3 is 2.70 bits per heavy atom. The van der Waals surface area contributed by atoms with Gasteiger partial charge < -0.3 is 29.5 Å². The first-order valence-electron chi connectivity index (χ1n) is 13.6. The fourth-order valence-corrected chi connectivity index (χ4v) is 5.22. The van der Waals surface area contributed by atoms with Crippen LogP contribution in [0.15, 0.2) is 23.3 Å². The molecule has 13 heteroatoms. The Morgan fingerprint density at radius 2 is 1.95 bits per heavy atom. The number of amides is 1. The molecular formula is C27H34FN7O5. The molecule has 0 bridgehead atoms. The summed E-state index contributed by atoms with van der Waals surface area (Å²) in [6.45, 7) is 5.73. The quantitative estimate of drug-likeness (QED) is 0.360. The number of nitrogens with zero attached hydrogens (tertiary/aromatic N) is 6. The summed E-state index contributed by atoms with van der Waals surface area (Å²) in [6.07, 6.45) is 5.50. The van der Waals surface area contributed by atoms with Gasteiger partial charge in [-0.2, -0.15) is 0 Å². The minimum absolute atomic E-state index is 0.0654. The number of aromatic nitrogens is 4. The van der Waals surface area contributed by atoms with Crippen LogP contribution in [-0.4, -0.2) is 81.3 Å². The highest BCUT2D eigenvalue weighted by molar-refractivity contribution is 6.00. The van der Waals surface area contributed by atoms with Gasteiger partial charge in [-0.15, -0.1) is 5.10 Å². The second kappa shape index (κ2) is 11.6. The molecule has 5 rings (SSSR count). The molecule has 2 aromatic heterocycles. The van der Waals surface area contributed by atoms with Crippen molar-refractivity contribution in [3.63, 3.8) is 0 Å². The molecule has 12 nitrogen and oxygen atoms in total. The van der Waals surface area contributed by atoms with Gasteiger partial charge in [0.1, 0.15) is 23.6 Å². The van der Waals surface area contributed by atoms with E-state index < -0.39 is 23.1 Å². The highest BCUT2D eigenvalue weighted by Crippen LogP contribution is 2.42. The molecule has 2 aliphatic heterocycles. The number of benzene rings is 1. The Labute approximate surface area is 230 Å². The number of halogens is 1. The number of pyridine rings is 1. The van der Waals surface area contributed by atoms with Crippen molar-refractivity contribution in [2.24, 2.45) is 0 Å². The van der Waals surface area contributed by atoms with E-state index in [4.69, 9.17) is 9.84 Å². The first-order valence-corrected chi connectivity index (χ1v) is 13.6. The highest BCUT2D eigenvalue weighted by atomic mass is 19.1. The van der Waals surface area contributed by atoms with Crippen molar-refractivity contribution in [1.82, 2.24) is 29.8 Å². The van der Waals surface area contributed by atoms with Crippen LogP contribution in [0.3, 0.4) is 0 Å². The Balaban J connectivity index is 1.34. The van der Waals surface area contributed by atoms with Gasteiger partial charge in [0.15, 0.2) is 11.6 Å². The van der Waals surface area contributed by atoms with E-state index >= 15 is 4.39 Å². The van der Waals surface area contributed by atoms with E-state index in [9.17, 15) is 14.4 Å². The van der Waals surface area contributed by atoms with E-state index in [-0.39, 0.29) is 36.6 Å². The Kier molecular flexibility index (Phi) is 8.01. The summed E-state index contributed by atoms with van der Waals surface area (Å²) in [5.74, 6) is -1.58. The zero-order chi connectivity index (χ0) is 28.4. The van der Waals surface area contributed by atoms with Gasteiger partial charge >= 0.3 is 5.97 Å². The number of carboxylic acids is 1. The van der Waals surface area contributed by atoms with Crippen molar-refractivity contribution in [2.45, 2.75) is 51.7 Å². The lowest BCUT2D eigenvalue weighted by atomic mass is 10.0. The lowest BCUT2D eigenvalue weighted by molar-refractivity contribution is -0.137. The topological polar surface area (TPSA) is 135 Å². The molecule has 0 unspecified atom stereocenters. The Morgan fingerprint density at radius 1 is 1.18 bits per heavy atom. The molecule has 0 aliphatic carbocycles. The van der Waals surface area contributed by atoms with Crippen molar-refractivity contribution >= 4 is 28.5 Å². The first kappa shape index (κ1) is 27.6. The van der Waals surface area contributed by atoms with E-state index in [1.54, 1.807) is 10.9 Å². The number of rotatable bonds is 10. The second-order valence-electron chi connectivity index (χ2n) is 10.5. The minimum atomic E-state index is -0.808. The third-order valence-electron chi connectivity index (χ3n) is 7.50. The predicted octanol–water partition coefficient (Wildman–Crippen LogP) is 2.01. The number of ether oxygens (including phenoxy) is 1. The molecule has 1 atom stereocenters. The number of aliphatic carboxylic acids is 1. The van der Waals surface area contributed by atoms with Gasteiger partial charge in [-0.25, -0.2) is 4.39 Å². The lowest BCUT2D eigenvalue weighted by Gasteiger charge is -2.37. The van der Waals surface area contributed by atoms with Crippen molar-refractivity contribution in [3.8, 4) is 5.75 Å². The number of aryl methyl sites for hydroxylation is 1. The van der Waals surface area contributed by atoms with Crippen molar-refractivity contribution < 1.29 is 23.8 Å². The number of carboxylic acid groups (broad SMARTS) is 1. The van der Waals surface area contributed by atoms with Gasteiger partial charge in [-0.05, 0) is 32.9 Å². The van der Waals surface area contributed by atoms with Crippen LogP contribution in [0.4, 0.5) is 10.1 Å².